The predicted molar refractivity (Wildman–Crippen MR) is 71.0 cm³/mol. The Labute approximate surface area is 122 Å². The molecule has 0 spiro atoms. The molecule has 0 unspecified atom stereocenters. The molecule has 0 amide bonds. The van der Waals surface area contributed by atoms with E-state index in [4.69, 9.17) is 27.8 Å². The van der Waals surface area contributed by atoms with Crippen molar-refractivity contribution in [1.82, 2.24) is 19.3 Å². The zero-order valence-corrected chi connectivity index (χ0v) is 11.4. The van der Waals surface area contributed by atoms with E-state index >= 15 is 0 Å². The maximum absolute atomic E-state index is 10.0. The molecule has 114 valence electrons. The molecule has 21 heavy (non-hydrogen) atoms. The van der Waals surface area contributed by atoms with Crippen molar-refractivity contribution in [2.45, 2.75) is 24.5 Å². The van der Waals surface area contributed by atoms with E-state index in [2.05, 4.69) is 9.97 Å². The molecule has 3 heterocycles. The van der Waals surface area contributed by atoms with Gasteiger partial charge in [0, 0.05) is 0 Å². The van der Waals surface area contributed by atoms with Crippen LogP contribution in [0.1, 0.15) is 6.23 Å². The van der Waals surface area contributed by atoms with Crippen molar-refractivity contribution in [3.8, 4) is 0 Å². The minimum Gasteiger partial charge on any atom is -0.424 e. The lowest BCUT2D eigenvalue weighted by atomic mass is 10.1. The van der Waals surface area contributed by atoms with Gasteiger partial charge in [0.2, 0.25) is 4.77 Å². The van der Waals surface area contributed by atoms with Crippen molar-refractivity contribution in [3.05, 3.63) is 11.1 Å². The first-order valence-corrected chi connectivity index (χ1v) is 6.43. The summed E-state index contributed by atoms with van der Waals surface area (Å²) in [6.45, 7) is -0.445. The van der Waals surface area contributed by atoms with Crippen LogP contribution in [0.5, 0.6) is 0 Å². The van der Waals surface area contributed by atoms with Gasteiger partial charge in [0.05, 0.1) is 12.9 Å². The Bertz CT molecular complexity index is 745. The topological polar surface area (TPSA) is 152 Å². The summed E-state index contributed by atoms with van der Waals surface area (Å²) in [5.41, 5.74) is 6.05. The van der Waals surface area contributed by atoms with Gasteiger partial charge < -0.3 is 31.0 Å². The lowest BCUT2D eigenvalue weighted by Gasteiger charge is -2.16. The molecule has 1 aliphatic heterocycles. The van der Waals surface area contributed by atoms with Gasteiger partial charge in [0.15, 0.2) is 23.2 Å². The molecule has 0 aliphatic carbocycles. The molecule has 2 aromatic rings. The second-order valence-electron chi connectivity index (χ2n) is 4.64. The Morgan fingerprint density at radius 1 is 1.38 bits per heavy atom. The lowest BCUT2D eigenvalue weighted by molar-refractivity contribution is -0.0511. The number of imidazole rings is 1. The Balaban J connectivity index is 2.12. The molecule has 6 N–H and O–H groups in total. The summed E-state index contributed by atoms with van der Waals surface area (Å²) in [5.74, 6) is -0.101. The average molecular weight is 315 g/mol. The number of fused-ring (bicyclic) bond motifs is 1. The molecule has 4 atom stereocenters. The normalized spacial score (nSPS) is 29.3. The highest BCUT2D eigenvalue weighted by Crippen LogP contribution is 2.31. The van der Waals surface area contributed by atoms with Crippen molar-refractivity contribution in [3.63, 3.8) is 0 Å². The quantitative estimate of drug-likeness (QED) is 0.325. The van der Waals surface area contributed by atoms with Crippen molar-refractivity contribution in [2.24, 2.45) is 0 Å². The van der Waals surface area contributed by atoms with E-state index in [1.807, 2.05) is 0 Å². The second-order valence-corrected chi connectivity index (χ2v) is 5.01. The van der Waals surface area contributed by atoms with Crippen LogP contribution in [0.3, 0.4) is 0 Å². The zero-order chi connectivity index (χ0) is 15.3. The van der Waals surface area contributed by atoms with Crippen LogP contribution in [0.25, 0.3) is 11.2 Å². The number of hydrogen-bond acceptors (Lipinski definition) is 9. The standard InChI is InChI=1S/C10H13N5O5S/c11-7-4-8(13-10(21)15(7)19)14(2-12-4)9-6(18)5(17)3(1-16)20-9/h2-3,5-6,9,16-19H,1,11H2/t3-,5-,6-,9-/m1/s1. The Kier molecular flexibility index (Phi) is 3.30. The summed E-state index contributed by atoms with van der Waals surface area (Å²) in [7, 11) is 0. The van der Waals surface area contributed by atoms with E-state index in [0.717, 1.165) is 0 Å². The SMILES string of the molecule is Nc1c2ncn([C@@H]3O[C@H](CO)[C@@H](O)[C@H]3O)c2nc(=S)n1O. The number of ether oxygens (including phenoxy) is 1. The highest BCUT2D eigenvalue weighted by molar-refractivity contribution is 7.71. The van der Waals surface area contributed by atoms with Gasteiger partial charge in [0.1, 0.15) is 18.3 Å². The number of nitrogen functional groups attached to an aromatic ring is 1. The Hall–Kier alpha value is -1.79. The predicted octanol–water partition coefficient (Wildman–Crippen LogP) is -1.61. The minimum absolute atomic E-state index is 0.101. The molecule has 0 aromatic carbocycles. The number of aromatic nitrogens is 4. The summed E-state index contributed by atoms with van der Waals surface area (Å²) in [6, 6.07) is 0. The van der Waals surface area contributed by atoms with Crippen LogP contribution < -0.4 is 5.73 Å². The first-order chi connectivity index (χ1) is 9.95. The smallest absolute Gasteiger partial charge is 0.237 e. The third-order valence-electron chi connectivity index (χ3n) is 3.41. The molecule has 1 aliphatic rings. The van der Waals surface area contributed by atoms with Crippen molar-refractivity contribution in [2.75, 3.05) is 12.3 Å². The molecule has 10 nitrogen and oxygen atoms in total. The fourth-order valence-electron chi connectivity index (χ4n) is 2.28. The number of anilines is 1. The van der Waals surface area contributed by atoms with E-state index in [1.54, 1.807) is 0 Å². The Morgan fingerprint density at radius 2 is 2.10 bits per heavy atom. The van der Waals surface area contributed by atoms with Gasteiger partial charge in [-0.2, -0.15) is 4.98 Å². The largest absolute Gasteiger partial charge is 0.424 e. The maximum atomic E-state index is 10.0. The van der Waals surface area contributed by atoms with E-state index in [0.29, 0.717) is 4.73 Å². The van der Waals surface area contributed by atoms with E-state index in [-0.39, 0.29) is 21.8 Å². The second kappa shape index (κ2) is 4.89. The first kappa shape index (κ1) is 14.2. The van der Waals surface area contributed by atoms with Crippen LogP contribution in [-0.2, 0) is 4.74 Å². The number of nitrogens with two attached hydrogens (primary N) is 1. The van der Waals surface area contributed by atoms with Crippen LogP contribution in [0.2, 0.25) is 0 Å². The van der Waals surface area contributed by atoms with Crippen LogP contribution >= 0.6 is 12.2 Å². The first-order valence-electron chi connectivity index (χ1n) is 6.02. The molecule has 0 saturated carbocycles. The third-order valence-corrected chi connectivity index (χ3v) is 3.68. The average Bonchev–Trinajstić information content (AvgIpc) is 2.99. The van der Waals surface area contributed by atoms with Crippen molar-refractivity contribution < 1.29 is 25.3 Å². The highest BCUT2D eigenvalue weighted by atomic mass is 32.1. The van der Waals surface area contributed by atoms with Gasteiger partial charge in [-0.25, -0.2) is 4.98 Å². The van der Waals surface area contributed by atoms with Crippen LogP contribution in [0.4, 0.5) is 5.82 Å². The molecule has 1 saturated heterocycles. The van der Waals surface area contributed by atoms with Crippen LogP contribution in [0, 0.1) is 4.77 Å². The van der Waals surface area contributed by atoms with E-state index in [9.17, 15) is 15.4 Å². The van der Waals surface area contributed by atoms with Crippen LogP contribution in [0.15, 0.2) is 6.33 Å². The minimum atomic E-state index is -1.28. The molecule has 1 fully saturated rings. The molecule has 0 bridgehead atoms. The summed E-state index contributed by atoms with van der Waals surface area (Å²) in [5, 5.41) is 38.5. The summed E-state index contributed by atoms with van der Waals surface area (Å²) in [4.78, 5) is 7.95. The molecule has 0 radical (unpaired) electrons. The van der Waals surface area contributed by atoms with Crippen molar-refractivity contribution in [1.29, 1.82) is 0 Å². The third kappa shape index (κ3) is 1.98. The van der Waals surface area contributed by atoms with E-state index < -0.39 is 31.1 Å². The summed E-state index contributed by atoms with van der Waals surface area (Å²) in [6.07, 6.45) is -3.16. The fourth-order valence-corrected chi connectivity index (χ4v) is 2.47. The zero-order valence-electron chi connectivity index (χ0n) is 10.6. The Morgan fingerprint density at radius 3 is 2.71 bits per heavy atom. The van der Waals surface area contributed by atoms with Gasteiger partial charge in [-0.1, -0.05) is 0 Å². The van der Waals surface area contributed by atoms with E-state index in [1.165, 1.54) is 10.9 Å². The number of nitrogens with zero attached hydrogens (tertiary/aromatic N) is 4. The summed E-state index contributed by atoms with van der Waals surface area (Å²) >= 11 is 4.86. The van der Waals surface area contributed by atoms with Gasteiger partial charge >= 0.3 is 0 Å². The molecule has 3 rings (SSSR count). The number of rotatable bonds is 2. The molecular weight excluding hydrogens is 302 g/mol. The number of aliphatic hydroxyl groups is 3. The van der Waals surface area contributed by atoms with Gasteiger partial charge in [-0.15, -0.1) is 4.73 Å². The molecular formula is C10H13N5O5S. The highest BCUT2D eigenvalue weighted by Gasteiger charge is 2.44. The maximum Gasteiger partial charge on any atom is 0.237 e. The summed E-state index contributed by atoms with van der Waals surface area (Å²) < 4.78 is 7.06. The van der Waals surface area contributed by atoms with Crippen molar-refractivity contribution >= 4 is 29.2 Å². The molecule has 11 heteroatoms. The van der Waals surface area contributed by atoms with Gasteiger partial charge in [-0.3, -0.25) is 4.57 Å². The monoisotopic (exact) mass is 315 g/mol. The van der Waals surface area contributed by atoms with Gasteiger partial charge in [-0.05, 0) is 12.2 Å². The molecule has 2 aromatic heterocycles. The van der Waals surface area contributed by atoms with Gasteiger partial charge in [0.25, 0.3) is 0 Å². The fraction of sp³-hybridized carbons (Fsp3) is 0.500. The number of hydrogen-bond donors (Lipinski definition) is 5. The van der Waals surface area contributed by atoms with Crippen LogP contribution in [-0.4, -0.2) is 64.7 Å². The number of aliphatic hydroxyl groups excluding tert-OH is 3. The lowest BCUT2D eigenvalue weighted by Crippen LogP contribution is -2.33.